The summed E-state index contributed by atoms with van der Waals surface area (Å²) in [6.45, 7) is 5.69. The number of aliphatic hydroxyl groups excluding tert-OH is 1. The van der Waals surface area contributed by atoms with Crippen molar-refractivity contribution in [3.05, 3.63) is 24.3 Å². The fourth-order valence-corrected chi connectivity index (χ4v) is 8.67. The van der Waals surface area contributed by atoms with E-state index in [2.05, 4.69) is 0 Å². The number of hydrogen-bond donors (Lipinski definition) is 1. The van der Waals surface area contributed by atoms with Crippen molar-refractivity contribution in [2.45, 2.75) is 63.4 Å². The molecule has 0 spiro atoms. The molecular weight excluding hydrogens is 516 g/mol. The summed E-state index contributed by atoms with van der Waals surface area (Å²) >= 11 is 0. The Morgan fingerprint density at radius 2 is 1.68 bits per heavy atom. The van der Waals surface area contributed by atoms with Crippen molar-refractivity contribution in [3.63, 3.8) is 0 Å². The fourth-order valence-electron chi connectivity index (χ4n) is 5.14. The molecule has 0 radical (unpaired) electrons. The Labute approximate surface area is 223 Å². The van der Waals surface area contributed by atoms with Gasteiger partial charge in [0, 0.05) is 32.8 Å². The molecule has 2 fully saturated rings. The largest absolute Gasteiger partial charge is 0.497 e. The molecule has 1 heterocycles. The zero-order valence-electron chi connectivity index (χ0n) is 22.4. The third-order valence-corrected chi connectivity index (χ3v) is 11.0. The molecule has 1 unspecified atom stereocenters. The minimum Gasteiger partial charge on any atom is -0.497 e. The minimum absolute atomic E-state index is 0.00262. The Balaban J connectivity index is 1.69. The number of methoxy groups -OCH3 is 1. The third kappa shape index (κ3) is 8.90. The zero-order chi connectivity index (χ0) is 27.1. The van der Waals surface area contributed by atoms with Gasteiger partial charge >= 0.3 is 0 Å². The highest BCUT2D eigenvalue weighted by Gasteiger charge is 2.32. The van der Waals surface area contributed by atoms with Crippen LogP contribution < -0.4 is 4.74 Å². The van der Waals surface area contributed by atoms with Crippen LogP contribution >= 0.6 is 0 Å². The molecular formula is C26H44N2O7S2. The van der Waals surface area contributed by atoms with Gasteiger partial charge < -0.3 is 14.6 Å². The number of benzene rings is 1. The van der Waals surface area contributed by atoms with Crippen molar-refractivity contribution in [3.8, 4) is 5.75 Å². The van der Waals surface area contributed by atoms with Crippen molar-refractivity contribution in [2.24, 2.45) is 17.8 Å². The topological polar surface area (TPSA) is 113 Å². The monoisotopic (exact) mass is 560 g/mol. The predicted molar refractivity (Wildman–Crippen MR) is 143 cm³/mol. The molecule has 0 bridgehead atoms. The van der Waals surface area contributed by atoms with Gasteiger partial charge in [-0.05, 0) is 67.7 Å². The number of nitrogens with zero attached hydrogens (tertiary/aromatic N) is 2. The first-order valence-corrected chi connectivity index (χ1v) is 16.4. The Hall–Kier alpha value is -1.24. The molecule has 37 heavy (non-hydrogen) atoms. The van der Waals surface area contributed by atoms with Gasteiger partial charge in [-0.15, -0.1) is 0 Å². The maximum absolute atomic E-state index is 13.4. The second-order valence-electron chi connectivity index (χ2n) is 10.9. The Morgan fingerprint density at radius 3 is 2.24 bits per heavy atom. The van der Waals surface area contributed by atoms with Crippen molar-refractivity contribution < 1.29 is 31.4 Å². The van der Waals surface area contributed by atoms with E-state index in [1.807, 2.05) is 13.8 Å². The maximum Gasteiger partial charge on any atom is 0.243 e. The molecule has 1 saturated carbocycles. The normalized spacial score (nSPS) is 20.4. The summed E-state index contributed by atoms with van der Waals surface area (Å²) in [5, 5.41) is 10.9. The average molecular weight is 561 g/mol. The molecule has 1 aromatic carbocycles. The molecule has 0 aromatic heterocycles. The SMILES string of the molecule is COc1ccc(S(=O)(=O)N(CC(C)C)C[C@@H](O)CCN(CC2CCCC2)S(=O)(=O)CC2CCOC2)cc1. The summed E-state index contributed by atoms with van der Waals surface area (Å²) in [5.41, 5.74) is 0. The lowest BCUT2D eigenvalue weighted by atomic mass is 10.1. The molecule has 1 N–H and O–H groups in total. The Morgan fingerprint density at radius 1 is 1.00 bits per heavy atom. The Kier molecular flexibility index (Phi) is 11.2. The molecule has 0 amide bonds. The predicted octanol–water partition coefficient (Wildman–Crippen LogP) is 2.95. The Bertz CT molecular complexity index is 1030. The van der Waals surface area contributed by atoms with Crippen LogP contribution in [0.5, 0.6) is 5.75 Å². The average Bonchev–Trinajstić information content (AvgIpc) is 3.55. The van der Waals surface area contributed by atoms with Crippen molar-refractivity contribution in [2.75, 3.05) is 52.3 Å². The molecule has 11 heteroatoms. The number of aliphatic hydroxyl groups is 1. The lowest BCUT2D eigenvalue weighted by Gasteiger charge is -2.29. The lowest BCUT2D eigenvalue weighted by molar-refractivity contribution is 0.125. The second-order valence-corrected chi connectivity index (χ2v) is 14.8. The van der Waals surface area contributed by atoms with E-state index in [0.29, 0.717) is 31.4 Å². The molecule has 1 saturated heterocycles. The molecule has 9 nitrogen and oxygen atoms in total. The van der Waals surface area contributed by atoms with Gasteiger partial charge in [-0.25, -0.2) is 21.1 Å². The van der Waals surface area contributed by atoms with Crippen LogP contribution in [-0.2, 0) is 24.8 Å². The van der Waals surface area contributed by atoms with Crippen molar-refractivity contribution >= 4 is 20.0 Å². The van der Waals surface area contributed by atoms with Gasteiger partial charge in [0.15, 0.2) is 0 Å². The third-order valence-electron chi connectivity index (χ3n) is 7.19. The van der Waals surface area contributed by atoms with E-state index in [1.165, 1.54) is 27.9 Å². The first kappa shape index (κ1) is 30.3. The van der Waals surface area contributed by atoms with E-state index < -0.39 is 26.2 Å². The highest BCUT2D eigenvalue weighted by Crippen LogP contribution is 2.28. The van der Waals surface area contributed by atoms with E-state index in [1.54, 1.807) is 12.1 Å². The van der Waals surface area contributed by atoms with Gasteiger partial charge in [0.2, 0.25) is 20.0 Å². The van der Waals surface area contributed by atoms with Crippen LogP contribution in [0.25, 0.3) is 0 Å². The number of ether oxygens (including phenoxy) is 2. The van der Waals surface area contributed by atoms with Gasteiger partial charge in [-0.2, -0.15) is 4.31 Å². The number of rotatable bonds is 15. The van der Waals surface area contributed by atoms with Crippen LogP contribution in [0.4, 0.5) is 0 Å². The van der Waals surface area contributed by atoms with Gasteiger partial charge in [-0.1, -0.05) is 26.7 Å². The van der Waals surface area contributed by atoms with Crippen molar-refractivity contribution in [1.29, 1.82) is 0 Å². The van der Waals surface area contributed by atoms with Gasteiger partial charge in [-0.3, -0.25) is 0 Å². The summed E-state index contributed by atoms with van der Waals surface area (Å²) < 4.78 is 66.8. The molecule has 2 atom stereocenters. The maximum atomic E-state index is 13.4. The van der Waals surface area contributed by atoms with E-state index in [0.717, 1.165) is 32.1 Å². The van der Waals surface area contributed by atoms with Crippen LogP contribution in [-0.4, -0.2) is 88.9 Å². The van der Waals surface area contributed by atoms with E-state index in [9.17, 15) is 21.9 Å². The van der Waals surface area contributed by atoms with Gasteiger partial charge in [0.1, 0.15) is 5.75 Å². The van der Waals surface area contributed by atoms with Crippen molar-refractivity contribution in [1.82, 2.24) is 8.61 Å². The van der Waals surface area contributed by atoms with Gasteiger partial charge in [0.05, 0.1) is 30.5 Å². The lowest BCUT2D eigenvalue weighted by Crippen LogP contribution is -2.43. The van der Waals surface area contributed by atoms with E-state index in [-0.39, 0.29) is 48.5 Å². The summed E-state index contributed by atoms with van der Waals surface area (Å²) in [4.78, 5) is 0.130. The number of hydrogen-bond acceptors (Lipinski definition) is 7. The van der Waals surface area contributed by atoms with E-state index >= 15 is 0 Å². The highest BCUT2D eigenvalue weighted by molar-refractivity contribution is 7.89. The summed E-state index contributed by atoms with van der Waals surface area (Å²) in [7, 11) is -5.84. The first-order valence-electron chi connectivity index (χ1n) is 13.4. The number of sulfonamides is 2. The van der Waals surface area contributed by atoms with E-state index in [4.69, 9.17) is 9.47 Å². The molecule has 1 aliphatic heterocycles. The smallest absolute Gasteiger partial charge is 0.243 e. The highest BCUT2D eigenvalue weighted by atomic mass is 32.2. The second kappa shape index (κ2) is 13.7. The first-order chi connectivity index (χ1) is 17.5. The van der Waals surface area contributed by atoms with Crippen LogP contribution in [0.2, 0.25) is 0 Å². The zero-order valence-corrected chi connectivity index (χ0v) is 24.1. The summed E-state index contributed by atoms with van der Waals surface area (Å²) in [5.74, 6) is 0.994. The molecule has 1 aliphatic carbocycles. The molecule has 2 aliphatic rings. The van der Waals surface area contributed by atoms with Crippen LogP contribution in [0.15, 0.2) is 29.2 Å². The summed E-state index contributed by atoms with van der Waals surface area (Å²) in [6, 6.07) is 6.18. The van der Waals surface area contributed by atoms with Crippen LogP contribution in [0.3, 0.4) is 0 Å². The fraction of sp³-hybridized carbons (Fsp3) is 0.769. The molecule has 3 rings (SSSR count). The van der Waals surface area contributed by atoms with Crippen LogP contribution in [0.1, 0.15) is 52.4 Å². The standard InChI is InChI=1S/C26H44N2O7S2/c1-21(2)16-28(37(32,33)26-10-8-25(34-3)9-11-26)18-24(29)12-14-27(17-22-6-4-5-7-22)36(30,31)20-23-13-15-35-19-23/h8-11,21-24,29H,4-7,12-20H2,1-3H3/t23?,24-/m0/s1. The van der Waals surface area contributed by atoms with Crippen LogP contribution in [0, 0.1) is 17.8 Å². The summed E-state index contributed by atoms with van der Waals surface area (Å²) in [6.07, 6.45) is 4.18. The molecule has 1 aromatic rings. The molecule has 212 valence electrons. The minimum atomic E-state index is -3.85. The van der Waals surface area contributed by atoms with Gasteiger partial charge in [0.25, 0.3) is 0 Å². The quantitative estimate of drug-likeness (QED) is 0.351.